The molecule has 3 aliphatic rings. The van der Waals surface area contributed by atoms with Crippen molar-refractivity contribution in [1.29, 1.82) is 0 Å². The van der Waals surface area contributed by atoms with Crippen LogP contribution in [-0.2, 0) is 14.4 Å². The number of aliphatic hydroxyl groups is 4. The molecule has 3 aliphatic carbocycles. The van der Waals surface area contributed by atoms with E-state index in [2.05, 4.69) is 6.92 Å². The first-order chi connectivity index (χ1) is 17.1. The fraction of sp³-hybridized carbons (Fsp3) is 0.519. The summed E-state index contributed by atoms with van der Waals surface area (Å²) in [5.74, 6) is -8.30. The maximum Gasteiger partial charge on any atom is 0.255 e. The number of hydrogen-bond donors (Lipinski definition) is 6. The predicted molar refractivity (Wildman–Crippen MR) is 130 cm³/mol. The van der Waals surface area contributed by atoms with Gasteiger partial charge in [-0.3, -0.25) is 14.4 Å². The van der Waals surface area contributed by atoms with Crippen LogP contribution in [0, 0.1) is 11.8 Å². The highest BCUT2D eigenvalue weighted by atomic mass is 16.4. The Morgan fingerprint density at radius 2 is 1.75 bits per heavy atom. The predicted octanol–water partition coefficient (Wildman–Crippen LogP) is 2.69. The number of fused-ring (bicyclic) bond motifs is 3. The number of phenolic OH excluding ortho intramolecular Hbond substituents is 1. The summed E-state index contributed by atoms with van der Waals surface area (Å²) < 4.78 is 0. The number of ketones is 2. The number of nitrogens with two attached hydrogens (primary N) is 1. The van der Waals surface area contributed by atoms with Gasteiger partial charge in [0, 0.05) is 23.8 Å². The second-order valence-corrected chi connectivity index (χ2v) is 10.1. The topological polar surface area (TPSA) is 178 Å². The molecule has 0 spiro atoms. The number of Topliss-reactive ketones (excluding diaryl/α,β-unsaturated/α-hetero) is 2. The summed E-state index contributed by atoms with van der Waals surface area (Å²) in [4.78, 5) is 38.2. The molecule has 1 aromatic rings. The van der Waals surface area contributed by atoms with Gasteiger partial charge in [0.05, 0.1) is 11.7 Å². The van der Waals surface area contributed by atoms with Gasteiger partial charge in [-0.25, -0.2) is 0 Å². The van der Waals surface area contributed by atoms with Gasteiger partial charge in [-0.1, -0.05) is 57.6 Å². The number of rotatable bonds is 8. The summed E-state index contributed by atoms with van der Waals surface area (Å²) >= 11 is 0. The van der Waals surface area contributed by atoms with Crippen molar-refractivity contribution in [3.8, 4) is 5.75 Å². The molecular weight excluding hydrogens is 466 g/mol. The van der Waals surface area contributed by atoms with Crippen molar-refractivity contribution >= 4 is 23.2 Å². The summed E-state index contributed by atoms with van der Waals surface area (Å²) in [6, 6.07) is 4.70. The highest BCUT2D eigenvalue weighted by Gasteiger charge is 2.65. The largest absolute Gasteiger partial charge is 0.508 e. The number of unbranched alkanes of at least 4 members (excludes halogenated alkanes) is 5. The molecule has 0 saturated heterocycles. The van der Waals surface area contributed by atoms with Crippen LogP contribution in [0.15, 0.2) is 35.1 Å². The fourth-order valence-electron chi connectivity index (χ4n) is 6.26. The first kappa shape index (κ1) is 25.9. The van der Waals surface area contributed by atoms with Gasteiger partial charge in [0.2, 0.25) is 5.78 Å². The zero-order valence-corrected chi connectivity index (χ0v) is 20.2. The molecule has 0 heterocycles. The van der Waals surface area contributed by atoms with E-state index < -0.39 is 70.4 Å². The number of aliphatic hydroxyl groups excluding tert-OH is 3. The van der Waals surface area contributed by atoms with Crippen LogP contribution >= 0.6 is 0 Å². The lowest BCUT2D eigenvalue weighted by atomic mass is 9.55. The van der Waals surface area contributed by atoms with Crippen LogP contribution in [0.4, 0.5) is 0 Å². The second kappa shape index (κ2) is 9.71. The number of benzene rings is 1. The van der Waals surface area contributed by atoms with E-state index in [0.717, 1.165) is 38.5 Å². The molecule has 1 saturated carbocycles. The molecule has 0 unspecified atom stereocenters. The van der Waals surface area contributed by atoms with E-state index in [9.17, 15) is 39.9 Å². The van der Waals surface area contributed by atoms with Gasteiger partial charge < -0.3 is 31.3 Å². The molecule has 0 bridgehead atoms. The number of primary amides is 1. The molecular formula is C27H33NO8. The molecule has 0 aliphatic heterocycles. The van der Waals surface area contributed by atoms with Crippen molar-refractivity contribution < 1.29 is 39.9 Å². The Morgan fingerprint density at radius 3 is 2.42 bits per heavy atom. The van der Waals surface area contributed by atoms with Gasteiger partial charge in [-0.15, -0.1) is 0 Å². The average molecular weight is 500 g/mol. The van der Waals surface area contributed by atoms with E-state index in [1.165, 1.54) is 6.07 Å². The average Bonchev–Trinajstić information content (AvgIpc) is 2.82. The first-order valence-corrected chi connectivity index (χ1v) is 12.5. The van der Waals surface area contributed by atoms with Crippen molar-refractivity contribution in [3.05, 3.63) is 46.2 Å². The molecule has 4 rings (SSSR count). The zero-order valence-electron chi connectivity index (χ0n) is 20.2. The maximum atomic E-state index is 13.8. The maximum absolute atomic E-state index is 13.8. The van der Waals surface area contributed by atoms with Crippen LogP contribution in [0.1, 0.15) is 75.3 Å². The number of carbonyl (C=O) groups excluding carboxylic acids is 3. The van der Waals surface area contributed by atoms with Crippen LogP contribution < -0.4 is 5.73 Å². The first-order valence-electron chi connectivity index (χ1n) is 12.5. The van der Waals surface area contributed by atoms with Crippen molar-refractivity contribution in [3.63, 3.8) is 0 Å². The SMILES string of the molecule is CCCCCCCC[C@H]1c2cccc(O)c2C(O)=C2C(=O)[C@]3(O)C(O)=C(C(N)=O)C(=O)C[C@@H]3[C@@H](O)[C@@H]21. The van der Waals surface area contributed by atoms with E-state index in [1.54, 1.807) is 12.1 Å². The van der Waals surface area contributed by atoms with Crippen LogP contribution in [0.2, 0.25) is 0 Å². The second-order valence-electron chi connectivity index (χ2n) is 10.1. The molecule has 194 valence electrons. The van der Waals surface area contributed by atoms with Gasteiger partial charge in [0.1, 0.15) is 22.8 Å². The van der Waals surface area contributed by atoms with Gasteiger partial charge in [0.15, 0.2) is 11.4 Å². The number of amides is 1. The van der Waals surface area contributed by atoms with Gasteiger partial charge in [-0.2, -0.15) is 0 Å². The van der Waals surface area contributed by atoms with Crippen LogP contribution in [-0.4, -0.2) is 54.7 Å². The lowest BCUT2D eigenvalue weighted by Gasteiger charge is -2.51. The third-order valence-electron chi connectivity index (χ3n) is 8.04. The Hall–Kier alpha value is -3.17. The van der Waals surface area contributed by atoms with Crippen molar-refractivity contribution in [1.82, 2.24) is 0 Å². The third-order valence-corrected chi connectivity index (χ3v) is 8.04. The van der Waals surface area contributed by atoms with Crippen molar-refractivity contribution in [2.45, 2.75) is 75.9 Å². The van der Waals surface area contributed by atoms with Crippen LogP contribution in [0.3, 0.4) is 0 Å². The van der Waals surface area contributed by atoms with Crippen LogP contribution in [0.5, 0.6) is 5.75 Å². The normalized spacial score (nSPS) is 29.6. The summed E-state index contributed by atoms with van der Waals surface area (Å²) in [7, 11) is 0. The van der Waals surface area contributed by atoms with E-state index in [1.807, 2.05) is 0 Å². The quantitative estimate of drug-likeness (QED) is 0.233. The van der Waals surface area contributed by atoms with Gasteiger partial charge in [0.25, 0.3) is 5.91 Å². The molecule has 1 aromatic carbocycles. The number of carbonyl (C=O) groups is 3. The minimum atomic E-state index is -2.82. The number of aromatic hydroxyl groups is 1. The lowest BCUT2D eigenvalue weighted by Crippen LogP contribution is -2.64. The summed E-state index contributed by atoms with van der Waals surface area (Å²) in [6.07, 6.45) is 4.50. The summed E-state index contributed by atoms with van der Waals surface area (Å²) in [5.41, 5.74) is 1.77. The standard InChI is InChI=1S/C27H33NO8/c1-2-3-4-5-6-7-9-14-13-10-8-11-16(29)18(13)23(32)21-19(14)22(31)15-12-17(30)20(26(28)35)24(33)27(15,36)25(21)34/h8,10-11,14-15,19,22,29,31-33,36H,2-7,9,12H2,1H3,(H2,28,35)/t14-,15+,19+,22+,27+/m0/s1. The molecule has 5 atom stereocenters. The molecule has 1 fully saturated rings. The molecule has 0 aromatic heterocycles. The van der Waals surface area contributed by atoms with E-state index in [0.29, 0.717) is 12.0 Å². The Kier molecular flexibility index (Phi) is 6.99. The number of phenols is 1. The smallest absolute Gasteiger partial charge is 0.255 e. The molecule has 1 amide bonds. The zero-order chi connectivity index (χ0) is 26.4. The minimum absolute atomic E-state index is 0.0350. The highest BCUT2D eigenvalue weighted by Crippen LogP contribution is 2.56. The number of hydrogen-bond acceptors (Lipinski definition) is 8. The summed E-state index contributed by atoms with van der Waals surface area (Å²) in [5, 5.41) is 55.3. The Balaban J connectivity index is 1.82. The molecule has 36 heavy (non-hydrogen) atoms. The van der Waals surface area contributed by atoms with Crippen LogP contribution in [0.25, 0.3) is 5.76 Å². The van der Waals surface area contributed by atoms with Crippen molar-refractivity contribution in [2.75, 3.05) is 0 Å². The molecule has 7 N–H and O–H groups in total. The lowest BCUT2D eigenvalue weighted by molar-refractivity contribution is -0.161. The Morgan fingerprint density at radius 1 is 1.08 bits per heavy atom. The van der Waals surface area contributed by atoms with Crippen molar-refractivity contribution in [2.24, 2.45) is 17.6 Å². The molecule has 9 heteroatoms. The van der Waals surface area contributed by atoms with Gasteiger partial charge in [-0.05, 0) is 24.0 Å². The highest BCUT2D eigenvalue weighted by molar-refractivity contribution is 6.22. The summed E-state index contributed by atoms with van der Waals surface area (Å²) in [6.45, 7) is 2.13. The Labute approximate surface area is 208 Å². The third kappa shape index (κ3) is 3.81. The van der Waals surface area contributed by atoms with E-state index in [-0.39, 0.29) is 16.9 Å². The monoisotopic (exact) mass is 499 g/mol. The minimum Gasteiger partial charge on any atom is -0.508 e. The Bertz CT molecular complexity index is 1170. The molecule has 0 radical (unpaired) electrons. The van der Waals surface area contributed by atoms with E-state index in [4.69, 9.17) is 5.73 Å². The molecule has 9 nitrogen and oxygen atoms in total. The van der Waals surface area contributed by atoms with Gasteiger partial charge >= 0.3 is 0 Å². The van der Waals surface area contributed by atoms with E-state index >= 15 is 0 Å². The fourth-order valence-corrected chi connectivity index (χ4v) is 6.26.